The molecule has 4 nitrogen and oxygen atoms in total. The third-order valence-corrected chi connectivity index (χ3v) is 2.70. The van der Waals surface area contributed by atoms with E-state index in [0.29, 0.717) is 0 Å². The molecule has 0 atom stereocenters. The molecule has 0 bridgehead atoms. The first-order chi connectivity index (χ1) is 6.59. The average Bonchev–Trinajstić information content (AvgIpc) is 2.15. The lowest BCUT2D eigenvalue weighted by atomic mass is 10.3. The highest BCUT2D eigenvalue weighted by Gasteiger charge is 2.04. The minimum Gasteiger partial charge on any atom is -0.280 e. The zero-order valence-electron chi connectivity index (χ0n) is 6.97. The normalized spacial score (nSPS) is 9.79. The number of nitro groups is 1. The molecule has 0 N–H and O–H groups in total. The van der Waals surface area contributed by atoms with Crippen molar-refractivity contribution in [3.8, 4) is 0 Å². The number of thioether (sulfide) groups is 1. The van der Waals surface area contributed by atoms with Gasteiger partial charge in [-0.05, 0) is 23.7 Å². The Labute approximate surface area is 89.4 Å². The number of rotatable bonds is 4. The van der Waals surface area contributed by atoms with Crippen LogP contribution < -0.4 is 0 Å². The first-order valence-corrected chi connectivity index (χ1v) is 5.01. The predicted molar refractivity (Wildman–Crippen MR) is 54.7 cm³/mol. The highest BCUT2D eigenvalue weighted by Crippen LogP contribution is 2.21. The zero-order valence-corrected chi connectivity index (χ0v) is 8.55. The largest absolute Gasteiger partial charge is 0.280 e. The summed E-state index contributed by atoms with van der Waals surface area (Å²) in [4.78, 5) is 21.0. The van der Waals surface area contributed by atoms with Crippen LogP contribution in [0.1, 0.15) is 0 Å². The highest BCUT2D eigenvalue weighted by molar-refractivity contribution is 8.00. The van der Waals surface area contributed by atoms with Gasteiger partial charge in [0.15, 0.2) is 0 Å². The summed E-state index contributed by atoms with van der Waals surface area (Å²) in [6.07, 6.45) is 0. The van der Waals surface area contributed by atoms with Gasteiger partial charge in [0.05, 0.1) is 10.7 Å². The molecule has 0 saturated heterocycles. The Kier molecular flexibility index (Phi) is 3.91. The number of benzene rings is 1. The molecule has 0 aromatic heterocycles. The Morgan fingerprint density at radius 1 is 1.43 bits per heavy atom. The SMILES string of the molecule is O=C(Cl)CSc1ccc([N+](=O)[O-])cc1. The molecular weight excluding hydrogens is 226 g/mol. The summed E-state index contributed by atoms with van der Waals surface area (Å²) in [5.41, 5.74) is 0.0338. The maximum absolute atomic E-state index is 10.4. The van der Waals surface area contributed by atoms with Gasteiger partial charge in [-0.2, -0.15) is 0 Å². The van der Waals surface area contributed by atoms with Crippen molar-refractivity contribution < 1.29 is 9.72 Å². The number of hydrogen-bond acceptors (Lipinski definition) is 4. The standard InChI is InChI=1S/C8H6ClNO3S/c9-8(11)5-14-7-3-1-6(2-4-7)10(12)13/h1-4H,5H2. The van der Waals surface area contributed by atoms with Crippen molar-refractivity contribution >= 4 is 34.3 Å². The maximum Gasteiger partial charge on any atom is 0.269 e. The van der Waals surface area contributed by atoms with Crippen LogP contribution in [0, 0.1) is 10.1 Å². The van der Waals surface area contributed by atoms with Gasteiger partial charge in [0.1, 0.15) is 0 Å². The van der Waals surface area contributed by atoms with Gasteiger partial charge in [-0.25, -0.2) is 0 Å². The second kappa shape index (κ2) is 4.97. The Morgan fingerprint density at radius 3 is 2.43 bits per heavy atom. The van der Waals surface area contributed by atoms with Crippen molar-refractivity contribution in [3.05, 3.63) is 34.4 Å². The Hall–Kier alpha value is -1.07. The van der Waals surface area contributed by atoms with E-state index in [2.05, 4.69) is 0 Å². The third kappa shape index (κ3) is 3.35. The number of nitro benzene ring substituents is 1. The molecule has 6 heteroatoms. The summed E-state index contributed by atoms with van der Waals surface area (Å²) < 4.78 is 0. The monoisotopic (exact) mass is 231 g/mol. The van der Waals surface area contributed by atoms with E-state index >= 15 is 0 Å². The van der Waals surface area contributed by atoms with E-state index < -0.39 is 10.2 Å². The molecule has 0 fully saturated rings. The molecule has 0 radical (unpaired) electrons. The minimum absolute atomic E-state index is 0.0338. The summed E-state index contributed by atoms with van der Waals surface area (Å²) >= 11 is 6.39. The summed E-state index contributed by atoms with van der Waals surface area (Å²) in [5, 5.41) is 9.87. The molecule has 0 aliphatic rings. The van der Waals surface area contributed by atoms with Crippen molar-refractivity contribution in [1.29, 1.82) is 0 Å². The third-order valence-electron chi connectivity index (χ3n) is 1.40. The summed E-state index contributed by atoms with van der Waals surface area (Å²) in [6.45, 7) is 0. The van der Waals surface area contributed by atoms with Gasteiger partial charge in [0.25, 0.3) is 5.69 Å². The molecule has 74 valence electrons. The quantitative estimate of drug-likeness (QED) is 0.346. The van der Waals surface area contributed by atoms with Crippen LogP contribution in [0.2, 0.25) is 0 Å². The van der Waals surface area contributed by atoms with E-state index in [4.69, 9.17) is 11.6 Å². The fraction of sp³-hybridized carbons (Fsp3) is 0.125. The van der Waals surface area contributed by atoms with Crippen LogP contribution in [-0.2, 0) is 4.79 Å². The molecule has 0 heterocycles. The molecule has 0 saturated carbocycles. The van der Waals surface area contributed by atoms with Gasteiger partial charge < -0.3 is 0 Å². The lowest BCUT2D eigenvalue weighted by Gasteiger charge is -1.97. The molecular formula is C8H6ClNO3S. The number of nitrogens with zero attached hydrogens (tertiary/aromatic N) is 1. The average molecular weight is 232 g/mol. The minimum atomic E-state index is -0.471. The number of carbonyl (C=O) groups is 1. The van der Waals surface area contributed by atoms with Gasteiger partial charge in [0.2, 0.25) is 5.24 Å². The second-order valence-electron chi connectivity index (χ2n) is 2.39. The highest BCUT2D eigenvalue weighted by atomic mass is 35.5. The lowest BCUT2D eigenvalue weighted by Crippen LogP contribution is -1.90. The molecule has 1 rings (SSSR count). The van der Waals surface area contributed by atoms with Crippen molar-refractivity contribution in [3.63, 3.8) is 0 Å². The molecule has 1 aromatic carbocycles. The summed E-state index contributed by atoms with van der Waals surface area (Å²) in [7, 11) is 0. The molecule has 1 aromatic rings. The molecule has 0 spiro atoms. The van der Waals surface area contributed by atoms with Crippen LogP contribution in [0.25, 0.3) is 0 Å². The zero-order chi connectivity index (χ0) is 10.6. The fourth-order valence-electron chi connectivity index (χ4n) is 0.804. The van der Waals surface area contributed by atoms with E-state index in [1.807, 2.05) is 0 Å². The molecule has 0 aliphatic heterocycles. The van der Waals surface area contributed by atoms with Crippen LogP contribution >= 0.6 is 23.4 Å². The second-order valence-corrected chi connectivity index (χ2v) is 3.87. The van der Waals surface area contributed by atoms with Crippen molar-refractivity contribution in [2.75, 3.05) is 5.75 Å². The lowest BCUT2D eigenvalue weighted by molar-refractivity contribution is -0.384. The van der Waals surface area contributed by atoms with Crippen LogP contribution in [0.5, 0.6) is 0 Å². The van der Waals surface area contributed by atoms with Crippen LogP contribution in [-0.4, -0.2) is 15.9 Å². The Morgan fingerprint density at radius 2 is 2.00 bits per heavy atom. The predicted octanol–water partition coefficient (Wildman–Crippen LogP) is 2.45. The molecule has 0 unspecified atom stereocenters. The smallest absolute Gasteiger partial charge is 0.269 e. The van der Waals surface area contributed by atoms with E-state index in [0.717, 1.165) is 4.90 Å². The van der Waals surface area contributed by atoms with E-state index in [1.165, 1.54) is 23.9 Å². The van der Waals surface area contributed by atoms with E-state index in [9.17, 15) is 14.9 Å². The molecule has 14 heavy (non-hydrogen) atoms. The number of hydrogen-bond donors (Lipinski definition) is 0. The van der Waals surface area contributed by atoms with E-state index in [-0.39, 0.29) is 11.4 Å². The number of halogens is 1. The van der Waals surface area contributed by atoms with Crippen LogP contribution in [0.3, 0.4) is 0 Å². The molecule has 0 aliphatic carbocycles. The summed E-state index contributed by atoms with van der Waals surface area (Å²) in [6, 6.07) is 5.95. The number of carbonyl (C=O) groups excluding carboxylic acids is 1. The maximum atomic E-state index is 10.4. The molecule has 0 amide bonds. The van der Waals surface area contributed by atoms with E-state index in [1.54, 1.807) is 12.1 Å². The summed E-state index contributed by atoms with van der Waals surface area (Å²) in [5.74, 6) is 0.166. The van der Waals surface area contributed by atoms with Crippen LogP contribution in [0.4, 0.5) is 5.69 Å². The van der Waals surface area contributed by atoms with Crippen molar-refractivity contribution in [2.24, 2.45) is 0 Å². The van der Waals surface area contributed by atoms with Gasteiger partial charge >= 0.3 is 0 Å². The van der Waals surface area contributed by atoms with Crippen LogP contribution in [0.15, 0.2) is 29.2 Å². The first kappa shape index (κ1) is 11.0. The Bertz CT molecular complexity index is 352. The number of non-ortho nitro benzene ring substituents is 1. The van der Waals surface area contributed by atoms with Crippen molar-refractivity contribution in [1.82, 2.24) is 0 Å². The van der Waals surface area contributed by atoms with Gasteiger partial charge in [-0.1, -0.05) is 0 Å². The van der Waals surface area contributed by atoms with Gasteiger partial charge in [0, 0.05) is 17.0 Å². The topological polar surface area (TPSA) is 60.2 Å². The Balaban J connectivity index is 2.64. The van der Waals surface area contributed by atoms with Gasteiger partial charge in [-0.15, -0.1) is 11.8 Å². The van der Waals surface area contributed by atoms with Crippen molar-refractivity contribution in [2.45, 2.75) is 4.90 Å². The fourth-order valence-corrected chi connectivity index (χ4v) is 1.58. The first-order valence-electron chi connectivity index (χ1n) is 3.65. The van der Waals surface area contributed by atoms with Gasteiger partial charge in [-0.3, -0.25) is 14.9 Å².